The Morgan fingerprint density at radius 1 is 1.53 bits per heavy atom. The molecular formula is C10H16BrN3O. The fourth-order valence-corrected chi connectivity index (χ4v) is 1.74. The number of hydrogen-bond acceptors (Lipinski definition) is 2. The molecule has 0 fully saturated rings. The SMILES string of the molecule is Cc1nn(C)c(C)c1C(=O)NCCCBr. The van der Waals surface area contributed by atoms with E-state index in [-0.39, 0.29) is 5.91 Å². The molecule has 1 aromatic heterocycles. The van der Waals surface area contributed by atoms with E-state index in [4.69, 9.17) is 0 Å². The van der Waals surface area contributed by atoms with Crippen molar-refractivity contribution in [2.75, 3.05) is 11.9 Å². The molecule has 0 saturated heterocycles. The Labute approximate surface area is 98.2 Å². The average Bonchev–Trinajstić information content (AvgIpc) is 2.41. The van der Waals surface area contributed by atoms with Crippen molar-refractivity contribution in [2.24, 2.45) is 7.05 Å². The lowest BCUT2D eigenvalue weighted by Crippen LogP contribution is -2.25. The van der Waals surface area contributed by atoms with Crippen LogP contribution in [0.25, 0.3) is 0 Å². The zero-order valence-electron chi connectivity index (χ0n) is 9.30. The molecule has 0 atom stereocenters. The third-order valence-electron chi connectivity index (χ3n) is 2.33. The van der Waals surface area contributed by atoms with Crippen molar-refractivity contribution in [2.45, 2.75) is 20.3 Å². The fourth-order valence-electron chi connectivity index (χ4n) is 1.46. The maximum atomic E-state index is 11.8. The van der Waals surface area contributed by atoms with Gasteiger partial charge >= 0.3 is 0 Å². The minimum atomic E-state index is -0.0287. The summed E-state index contributed by atoms with van der Waals surface area (Å²) in [5.41, 5.74) is 2.39. The zero-order valence-corrected chi connectivity index (χ0v) is 10.9. The van der Waals surface area contributed by atoms with E-state index in [1.54, 1.807) is 4.68 Å². The smallest absolute Gasteiger partial charge is 0.255 e. The first-order chi connectivity index (χ1) is 7.07. The molecule has 1 heterocycles. The van der Waals surface area contributed by atoms with E-state index in [0.29, 0.717) is 12.1 Å². The molecule has 1 amide bonds. The molecule has 0 bridgehead atoms. The minimum Gasteiger partial charge on any atom is -0.352 e. The number of aromatic nitrogens is 2. The van der Waals surface area contributed by atoms with E-state index in [9.17, 15) is 4.79 Å². The second-order valence-electron chi connectivity index (χ2n) is 3.47. The van der Waals surface area contributed by atoms with Gasteiger partial charge < -0.3 is 5.32 Å². The molecule has 1 aromatic rings. The standard InChI is InChI=1S/C10H16BrN3O/c1-7-9(8(2)14(3)13-7)10(15)12-6-4-5-11/h4-6H2,1-3H3,(H,12,15). The van der Waals surface area contributed by atoms with Crippen molar-refractivity contribution < 1.29 is 4.79 Å². The molecule has 0 spiro atoms. The first-order valence-corrected chi connectivity index (χ1v) is 6.04. The number of rotatable bonds is 4. The third-order valence-corrected chi connectivity index (χ3v) is 2.89. The van der Waals surface area contributed by atoms with E-state index >= 15 is 0 Å². The van der Waals surface area contributed by atoms with Gasteiger partial charge in [0.05, 0.1) is 11.3 Å². The van der Waals surface area contributed by atoms with Crippen LogP contribution in [0.1, 0.15) is 28.2 Å². The highest BCUT2D eigenvalue weighted by molar-refractivity contribution is 9.09. The summed E-state index contributed by atoms with van der Waals surface area (Å²) in [6.45, 7) is 4.45. The van der Waals surface area contributed by atoms with Crippen LogP contribution in [-0.4, -0.2) is 27.6 Å². The van der Waals surface area contributed by atoms with Crippen molar-refractivity contribution >= 4 is 21.8 Å². The molecule has 1 N–H and O–H groups in total. The summed E-state index contributed by atoms with van der Waals surface area (Å²) in [5.74, 6) is -0.0287. The van der Waals surface area contributed by atoms with Gasteiger partial charge in [0.15, 0.2) is 0 Å². The Balaban J connectivity index is 2.73. The maximum Gasteiger partial charge on any atom is 0.255 e. The number of carbonyl (C=O) groups is 1. The Kier molecular flexibility index (Phi) is 4.32. The molecule has 5 heteroatoms. The summed E-state index contributed by atoms with van der Waals surface area (Å²) in [4.78, 5) is 11.8. The van der Waals surface area contributed by atoms with Gasteiger partial charge in [-0.2, -0.15) is 5.10 Å². The number of amides is 1. The normalized spacial score (nSPS) is 10.4. The van der Waals surface area contributed by atoms with Crippen molar-refractivity contribution in [3.8, 4) is 0 Å². The van der Waals surface area contributed by atoms with Crippen LogP contribution in [0.15, 0.2) is 0 Å². The molecule has 0 aliphatic carbocycles. The van der Waals surface area contributed by atoms with Gasteiger partial charge in [0.25, 0.3) is 5.91 Å². The lowest BCUT2D eigenvalue weighted by molar-refractivity contribution is 0.0952. The van der Waals surface area contributed by atoms with Gasteiger partial charge in [-0.05, 0) is 20.3 Å². The number of carbonyl (C=O) groups excluding carboxylic acids is 1. The molecule has 0 aliphatic heterocycles. The molecule has 0 unspecified atom stereocenters. The van der Waals surface area contributed by atoms with Crippen LogP contribution in [0.5, 0.6) is 0 Å². The number of hydrogen-bond donors (Lipinski definition) is 1. The average molecular weight is 274 g/mol. The molecule has 15 heavy (non-hydrogen) atoms. The lowest BCUT2D eigenvalue weighted by atomic mass is 10.2. The van der Waals surface area contributed by atoms with Crippen LogP contribution in [0.4, 0.5) is 0 Å². The van der Waals surface area contributed by atoms with Gasteiger partial charge in [-0.1, -0.05) is 15.9 Å². The molecule has 4 nitrogen and oxygen atoms in total. The number of halogens is 1. The Hall–Kier alpha value is -0.840. The largest absolute Gasteiger partial charge is 0.352 e. The van der Waals surface area contributed by atoms with E-state index in [2.05, 4.69) is 26.3 Å². The molecule has 0 aromatic carbocycles. The van der Waals surface area contributed by atoms with Crippen LogP contribution >= 0.6 is 15.9 Å². The first-order valence-electron chi connectivity index (χ1n) is 4.92. The second kappa shape index (κ2) is 5.30. The number of alkyl halides is 1. The molecule has 0 saturated carbocycles. The van der Waals surface area contributed by atoms with Crippen molar-refractivity contribution in [1.29, 1.82) is 0 Å². The summed E-state index contributed by atoms with van der Waals surface area (Å²) in [6.07, 6.45) is 0.935. The quantitative estimate of drug-likeness (QED) is 0.669. The second-order valence-corrected chi connectivity index (χ2v) is 4.26. The molecular weight excluding hydrogens is 258 g/mol. The van der Waals surface area contributed by atoms with Gasteiger partial charge in [0.2, 0.25) is 0 Å². The highest BCUT2D eigenvalue weighted by Gasteiger charge is 2.16. The summed E-state index contributed by atoms with van der Waals surface area (Å²) in [7, 11) is 1.84. The maximum absolute atomic E-state index is 11.8. The van der Waals surface area contributed by atoms with Crippen LogP contribution in [0.3, 0.4) is 0 Å². The van der Waals surface area contributed by atoms with Gasteiger partial charge in [0.1, 0.15) is 0 Å². The van der Waals surface area contributed by atoms with E-state index in [1.807, 2.05) is 20.9 Å². The highest BCUT2D eigenvalue weighted by Crippen LogP contribution is 2.11. The Morgan fingerprint density at radius 3 is 2.67 bits per heavy atom. The number of aryl methyl sites for hydroxylation is 2. The number of nitrogens with zero attached hydrogens (tertiary/aromatic N) is 2. The number of nitrogens with one attached hydrogen (secondary N) is 1. The Morgan fingerprint density at radius 2 is 2.20 bits per heavy atom. The Bertz CT molecular complexity index is 360. The van der Waals surface area contributed by atoms with E-state index < -0.39 is 0 Å². The highest BCUT2D eigenvalue weighted by atomic mass is 79.9. The summed E-state index contributed by atoms with van der Waals surface area (Å²) in [6, 6.07) is 0. The molecule has 1 rings (SSSR count). The minimum absolute atomic E-state index is 0.0287. The molecule has 84 valence electrons. The monoisotopic (exact) mass is 273 g/mol. The fraction of sp³-hybridized carbons (Fsp3) is 0.600. The van der Waals surface area contributed by atoms with Gasteiger partial charge in [-0.15, -0.1) is 0 Å². The summed E-state index contributed by atoms with van der Waals surface area (Å²) < 4.78 is 1.73. The molecule has 0 aliphatic rings. The van der Waals surface area contributed by atoms with Crippen LogP contribution in [0, 0.1) is 13.8 Å². The zero-order chi connectivity index (χ0) is 11.4. The van der Waals surface area contributed by atoms with Gasteiger partial charge in [-0.25, -0.2) is 0 Å². The van der Waals surface area contributed by atoms with Gasteiger partial charge in [0, 0.05) is 24.6 Å². The van der Waals surface area contributed by atoms with Crippen LogP contribution < -0.4 is 5.32 Å². The van der Waals surface area contributed by atoms with Crippen LogP contribution in [0.2, 0.25) is 0 Å². The summed E-state index contributed by atoms with van der Waals surface area (Å²) >= 11 is 3.32. The first kappa shape index (κ1) is 12.2. The van der Waals surface area contributed by atoms with Crippen LogP contribution in [-0.2, 0) is 7.05 Å². The van der Waals surface area contributed by atoms with E-state index in [0.717, 1.165) is 23.1 Å². The summed E-state index contributed by atoms with van der Waals surface area (Å²) in [5, 5.41) is 7.98. The molecule has 0 radical (unpaired) electrons. The third kappa shape index (κ3) is 2.81. The van der Waals surface area contributed by atoms with Gasteiger partial charge in [-0.3, -0.25) is 9.48 Å². The topological polar surface area (TPSA) is 46.9 Å². The predicted molar refractivity (Wildman–Crippen MR) is 63.4 cm³/mol. The van der Waals surface area contributed by atoms with Crippen molar-refractivity contribution in [3.05, 3.63) is 17.0 Å². The van der Waals surface area contributed by atoms with E-state index in [1.165, 1.54) is 0 Å². The predicted octanol–water partition coefficient (Wildman–Crippen LogP) is 1.55. The van der Waals surface area contributed by atoms with Crippen molar-refractivity contribution in [1.82, 2.24) is 15.1 Å². The lowest BCUT2D eigenvalue weighted by Gasteiger charge is -2.03. The van der Waals surface area contributed by atoms with Crippen molar-refractivity contribution in [3.63, 3.8) is 0 Å².